The fourth-order valence-corrected chi connectivity index (χ4v) is 2.65. The Hall–Kier alpha value is -1.78. The zero-order chi connectivity index (χ0) is 13.8. The molecule has 1 aromatic rings. The second-order valence-corrected chi connectivity index (χ2v) is 5.33. The number of aromatic nitrogens is 1. The van der Waals surface area contributed by atoms with Gasteiger partial charge in [-0.3, -0.25) is 9.78 Å². The van der Waals surface area contributed by atoms with E-state index >= 15 is 0 Å². The number of rotatable bonds is 4. The molecule has 5 heteroatoms. The van der Waals surface area contributed by atoms with Crippen molar-refractivity contribution in [3.63, 3.8) is 0 Å². The minimum atomic E-state index is -0.675. The van der Waals surface area contributed by atoms with E-state index in [1.54, 1.807) is 12.4 Å². The molecular formula is C14H21N3O2. The number of pyridine rings is 1. The van der Waals surface area contributed by atoms with E-state index in [0.717, 1.165) is 30.6 Å². The van der Waals surface area contributed by atoms with Gasteiger partial charge in [-0.15, -0.1) is 0 Å². The molecule has 5 nitrogen and oxygen atoms in total. The van der Waals surface area contributed by atoms with E-state index in [2.05, 4.69) is 10.3 Å². The molecule has 19 heavy (non-hydrogen) atoms. The van der Waals surface area contributed by atoms with Gasteiger partial charge in [0.2, 0.25) is 0 Å². The molecule has 1 aromatic heterocycles. The Kier molecular flexibility index (Phi) is 4.24. The third-order valence-corrected chi connectivity index (χ3v) is 3.66. The molecule has 0 amide bonds. The van der Waals surface area contributed by atoms with Gasteiger partial charge in [-0.2, -0.15) is 0 Å². The molecular weight excluding hydrogens is 242 g/mol. The van der Waals surface area contributed by atoms with Gasteiger partial charge in [0.25, 0.3) is 0 Å². The molecule has 2 rings (SSSR count). The number of hydrogen-bond acceptors (Lipinski definition) is 4. The van der Waals surface area contributed by atoms with Crippen molar-refractivity contribution in [2.45, 2.75) is 31.7 Å². The Morgan fingerprint density at radius 2 is 2.26 bits per heavy atom. The number of carboxylic acid groups (broad SMARTS) is 1. The number of anilines is 2. The van der Waals surface area contributed by atoms with Crippen molar-refractivity contribution in [2.24, 2.45) is 5.92 Å². The molecule has 0 bridgehead atoms. The highest BCUT2D eigenvalue weighted by Crippen LogP contribution is 2.30. The van der Waals surface area contributed by atoms with Crippen LogP contribution in [0.5, 0.6) is 0 Å². The maximum atomic E-state index is 11.1. The Morgan fingerprint density at radius 1 is 1.47 bits per heavy atom. The molecule has 1 aliphatic rings. The van der Waals surface area contributed by atoms with Crippen molar-refractivity contribution in [2.75, 3.05) is 24.3 Å². The summed E-state index contributed by atoms with van der Waals surface area (Å²) in [5, 5.41) is 12.6. The molecule has 0 spiro atoms. The van der Waals surface area contributed by atoms with Crippen molar-refractivity contribution in [3.05, 3.63) is 18.5 Å². The molecule has 0 aromatic carbocycles. The molecule has 1 aliphatic carbocycles. The van der Waals surface area contributed by atoms with Crippen LogP contribution < -0.4 is 10.2 Å². The lowest BCUT2D eigenvalue weighted by Crippen LogP contribution is -2.31. The normalized spacial score (nSPS) is 22.8. The van der Waals surface area contributed by atoms with E-state index in [4.69, 9.17) is 5.11 Å². The van der Waals surface area contributed by atoms with Gasteiger partial charge in [-0.1, -0.05) is 6.42 Å². The molecule has 0 saturated heterocycles. The second-order valence-electron chi connectivity index (χ2n) is 5.33. The summed E-state index contributed by atoms with van der Waals surface area (Å²) in [6.07, 6.45) is 7.04. The van der Waals surface area contributed by atoms with Gasteiger partial charge < -0.3 is 15.3 Å². The van der Waals surface area contributed by atoms with Crippen molar-refractivity contribution < 1.29 is 9.90 Å². The molecule has 2 unspecified atom stereocenters. The molecule has 1 saturated carbocycles. The number of aliphatic carboxylic acids is 1. The van der Waals surface area contributed by atoms with Crippen LogP contribution in [-0.2, 0) is 4.79 Å². The monoisotopic (exact) mass is 263 g/mol. The van der Waals surface area contributed by atoms with E-state index in [-0.39, 0.29) is 12.0 Å². The van der Waals surface area contributed by atoms with Gasteiger partial charge in [-0.05, 0) is 25.3 Å². The Labute approximate surface area is 113 Å². The predicted octanol–water partition coefficient (Wildman–Crippen LogP) is 2.20. The van der Waals surface area contributed by atoms with Crippen LogP contribution in [0, 0.1) is 5.92 Å². The first-order valence-electron chi connectivity index (χ1n) is 6.68. The van der Waals surface area contributed by atoms with Crippen LogP contribution in [0.2, 0.25) is 0 Å². The lowest BCUT2D eigenvalue weighted by molar-refractivity contribution is -0.142. The van der Waals surface area contributed by atoms with Gasteiger partial charge in [0, 0.05) is 26.3 Å². The van der Waals surface area contributed by atoms with E-state index < -0.39 is 5.97 Å². The first-order valence-corrected chi connectivity index (χ1v) is 6.68. The molecule has 1 heterocycles. The number of hydrogen-bond donors (Lipinski definition) is 2. The van der Waals surface area contributed by atoms with Crippen molar-refractivity contribution in [1.29, 1.82) is 0 Å². The first kappa shape index (κ1) is 13.6. The standard InChI is InChI=1S/C14H21N3O2/c1-17(2)13-6-7-15-9-12(13)16-11-5-3-4-10(8-11)14(18)19/h6-7,9-11,16H,3-5,8H2,1-2H3,(H,18,19). The van der Waals surface area contributed by atoms with E-state index in [1.807, 2.05) is 25.1 Å². The van der Waals surface area contributed by atoms with Gasteiger partial charge in [-0.25, -0.2) is 0 Å². The Balaban J connectivity index is 2.06. The first-order chi connectivity index (χ1) is 9.08. The van der Waals surface area contributed by atoms with Crippen LogP contribution in [0.1, 0.15) is 25.7 Å². The van der Waals surface area contributed by atoms with Crippen molar-refractivity contribution in [1.82, 2.24) is 4.98 Å². The topological polar surface area (TPSA) is 65.5 Å². The number of nitrogens with one attached hydrogen (secondary N) is 1. The molecule has 2 N–H and O–H groups in total. The molecule has 1 fully saturated rings. The summed E-state index contributed by atoms with van der Waals surface area (Å²) in [7, 11) is 3.98. The van der Waals surface area contributed by atoms with Crippen molar-refractivity contribution >= 4 is 17.3 Å². The average Bonchev–Trinajstić information content (AvgIpc) is 2.39. The van der Waals surface area contributed by atoms with Crippen molar-refractivity contribution in [3.8, 4) is 0 Å². The Morgan fingerprint density at radius 3 is 2.95 bits per heavy atom. The second kappa shape index (κ2) is 5.91. The van der Waals surface area contributed by atoms with Crippen LogP contribution in [0.4, 0.5) is 11.4 Å². The smallest absolute Gasteiger partial charge is 0.306 e. The third kappa shape index (κ3) is 3.36. The molecule has 0 aliphatic heterocycles. The lowest BCUT2D eigenvalue weighted by Gasteiger charge is -2.29. The Bertz CT molecular complexity index is 448. The van der Waals surface area contributed by atoms with E-state index in [0.29, 0.717) is 6.42 Å². The fourth-order valence-electron chi connectivity index (χ4n) is 2.65. The molecule has 0 radical (unpaired) electrons. The SMILES string of the molecule is CN(C)c1ccncc1NC1CCCC(C(=O)O)C1. The molecule has 2 atom stereocenters. The van der Waals surface area contributed by atoms with Gasteiger partial charge in [0.1, 0.15) is 0 Å². The minimum Gasteiger partial charge on any atom is -0.481 e. The van der Waals surface area contributed by atoms with Crippen LogP contribution >= 0.6 is 0 Å². The summed E-state index contributed by atoms with van der Waals surface area (Å²) in [6, 6.07) is 2.18. The average molecular weight is 263 g/mol. The van der Waals surface area contributed by atoms with Crippen LogP contribution in [0.25, 0.3) is 0 Å². The van der Waals surface area contributed by atoms with E-state index in [1.165, 1.54) is 0 Å². The van der Waals surface area contributed by atoms with Crippen LogP contribution in [0.15, 0.2) is 18.5 Å². The summed E-state index contributed by atoms with van der Waals surface area (Å²) in [6.45, 7) is 0. The summed E-state index contributed by atoms with van der Waals surface area (Å²) >= 11 is 0. The highest BCUT2D eigenvalue weighted by Gasteiger charge is 2.27. The van der Waals surface area contributed by atoms with Gasteiger partial charge >= 0.3 is 5.97 Å². The number of nitrogens with zero attached hydrogens (tertiary/aromatic N) is 2. The number of carboxylic acids is 1. The summed E-state index contributed by atoms with van der Waals surface area (Å²) < 4.78 is 0. The van der Waals surface area contributed by atoms with Gasteiger partial charge in [0.05, 0.1) is 23.5 Å². The van der Waals surface area contributed by atoms with E-state index in [9.17, 15) is 4.79 Å². The lowest BCUT2D eigenvalue weighted by atomic mass is 9.85. The highest BCUT2D eigenvalue weighted by atomic mass is 16.4. The minimum absolute atomic E-state index is 0.217. The summed E-state index contributed by atoms with van der Waals surface area (Å²) in [4.78, 5) is 17.3. The summed E-state index contributed by atoms with van der Waals surface area (Å²) in [5.41, 5.74) is 2.05. The number of carbonyl (C=O) groups is 1. The third-order valence-electron chi connectivity index (χ3n) is 3.66. The zero-order valence-corrected chi connectivity index (χ0v) is 11.5. The predicted molar refractivity (Wildman–Crippen MR) is 75.6 cm³/mol. The van der Waals surface area contributed by atoms with Crippen LogP contribution in [0.3, 0.4) is 0 Å². The highest BCUT2D eigenvalue weighted by molar-refractivity contribution is 5.71. The van der Waals surface area contributed by atoms with Gasteiger partial charge in [0.15, 0.2) is 0 Å². The molecule has 104 valence electrons. The quantitative estimate of drug-likeness (QED) is 0.872. The largest absolute Gasteiger partial charge is 0.481 e. The summed E-state index contributed by atoms with van der Waals surface area (Å²) in [5.74, 6) is -0.892. The van der Waals surface area contributed by atoms with Crippen LogP contribution in [-0.4, -0.2) is 36.2 Å². The fraction of sp³-hybridized carbons (Fsp3) is 0.571. The maximum Gasteiger partial charge on any atom is 0.306 e. The maximum absolute atomic E-state index is 11.1. The zero-order valence-electron chi connectivity index (χ0n) is 11.5.